The number of carboxylic acids is 1. The fourth-order valence-corrected chi connectivity index (χ4v) is 2.77. The van der Waals surface area contributed by atoms with Gasteiger partial charge in [-0.25, -0.2) is 4.79 Å². The van der Waals surface area contributed by atoms with Crippen molar-refractivity contribution in [1.29, 1.82) is 0 Å². The van der Waals surface area contributed by atoms with E-state index >= 15 is 0 Å². The average Bonchev–Trinajstić information content (AvgIpc) is 3.11. The maximum Gasteiger partial charge on any atom is 0.490 e. The number of benzene rings is 1. The van der Waals surface area contributed by atoms with Gasteiger partial charge in [-0.05, 0) is 30.3 Å². The summed E-state index contributed by atoms with van der Waals surface area (Å²) >= 11 is 6.28. The number of nitrogens with one attached hydrogen (secondary N) is 1. The Morgan fingerprint density at radius 3 is 2.48 bits per heavy atom. The molecule has 3 aromatic rings. The van der Waals surface area contributed by atoms with Crippen molar-refractivity contribution in [3.63, 3.8) is 0 Å². The number of halogens is 4. The van der Waals surface area contributed by atoms with E-state index in [2.05, 4.69) is 15.4 Å². The monoisotopic (exact) mass is 485 g/mol. The fraction of sp³-hybridized carbons (Fsp3) is 0.200. The van der Waals surface area contributed by atoms with Crippen LogP contribution in [0.2, 0.25) is 5.02 Å². The van der Waals surface area contributed by atoms with E-state index in [0.717, 1.165) is 0 Å². The van der Waals surface area contributed by atoms with Gasteiger partial charge < -0.3 is 20.9 Å². The molecule has 176 valence electrons. The minimum atomic E-state index is -5.08. The number of carbonyl (C=O) groups is 2. The molecule has 0 fully saturated rings. The lowest BCUT2D eigenvalue weighted by Gasteiger charge is -2.14. The number of rotatable bonds is 6. The van der Waals surface area contributed by atoms with Crippen LogP contribution in [0.15, 0.2) is 48.9 Å². The highest BCUT2D eigenvalue weighted by Gasteiger charge is 2.38. The third kappa shape index (κ3) is 7.19. The number of pyridine rings is 1. The van der Waals surface area contributed by atoms with Crippen LogP contribution in [0.25, 0.3) is 11.3 Å². The van der Waals surface area contributed by atoms with Crippen LogP contribution in [0.4, 0.5) is 18.9 Å². The molecule has 0 saturated carbocycles. The molecule has 0 unspecified atom stereocenters. The zero-order chi connectivity index (χ0) is 24.6. The van der Waals surface area contributed by atoms with Crippen LogP contribution in [0.5, 0.6) is 5.75 Å². The number of nitrogens with zero attached hydrogens (tertiary/aromatic N) is 3. The summed E-state index contributed by atoms with van der Waals surface area (Å²) in [6, 6.07) is 8.73. The second-order valence-electron chi connectivity index (χ2n) is 6.31. The zero-order valence-electron chi connectivity index (χ0n) is 17.1. The SMILES string of the molecule is Cn1ncc(Cl)c1-c1cc(NC(=O)c2cccnc2)ccc1OCCN.O=C(O)C(F)(F)F. The van der Waals surface area contributed by atoms with Gasteiger partial charge in [-0.2, -0.15) is 18.3 Å². The summed E-state index contributed by atoms with van der Waals surface area (Å²) in [7, 11) is 1.79. The second kappa shape index (κ2) is 11.3. The van der Waals surface area contributed by atoms with Crippen LogP contribution in [0.3, 0.4) is 0 Å². The normalized spacial score (nSPS) is 10.7. The molecule has 0 aliphatic carbocycles. The molecule has 1 aromatic carbocycles. The van der Waals surface area contributed by atoms with E-state index in [1.165, 1.54) is 6.20 Å². The zero-order valence-corrected chi connectivity index (χ0v) is 17.9. The lowest BCUT2D eigenvalue weighted by molar-refractivity contribution is -0.192. The molecule has 33 heavy (non-hydrogen) atoms. The maximum atomic E-state index is 12.4. The van der Waals surface area contributed by atoms with Gasteiger partial charge in [0.2, 0.25) is 0 Å². The predicted molar refractivity (Wildman–Crippen MR) is 114 cm³/mol. The Morgan fingerprint density at radius 2 is 1.97 bits per heavy atom. The number of aryl methyl sites for hydroxylation is 1. The van der Waals surface area contributed by atoms with Gasteiger partial charge in [0.05, 0.1) is 22.5 Å². The summed E-state index contributed by atoms with van der Waals surface area (Å²) < 4.78 is 39.1. The van der Waals surface area contributed by atoms with Gasteiger partial charge in [-0.1, -0.05) is 11.6 Å². The Bertz CT molecular complexity index is 1090. The van der Waals surface area contributed by atoms with Crippen molar-refractivity contribution in [2.75, 3.05) is 18.5 Å². The summed E-state index contributed by atoms with van der Waals surface area (Å²) in [5.74, 6) is -2.40. The van der Waals surface area contributed by atoms with E-state index in [1.807, 2.05) is 0 Å². The van der Waals surface area contributed by atoms with Crippen molar-refractivity contribution in [3.8, 4) is 17.0 Å². The molecule has 2 aromatic heterocycles. The number of carboxylic acid groups (broad SMARTS) is 1. The van der Waals surface area contributed by atoms with Gasteiger partial charge in [0.25, 0.3) is 5.91 Å². The summed E-state index contributed by atoms with van der Waals surface area (Å²) in [5.41, 5.74) is 8.01. The summed E-state index contributed by atoms with van der Waals surface area (Å²) in [4.78, 5) is 25.2. The van der Waals surface area contributed by atoms with Gasteiger partial charge in [0, 0.05) is 37.2 Å². The highest BCUT2D eigenvalue weighted by Crippen LogP contribution is 2.36. The van der Waals surface area contributed by atoms with Crippen LogP contribution in [-0.4, -0.2) is 51.1 Å². The molecule has 2 heterocycles. The minimum absolute atomic E-state index is 0.254. The van der Waals surface area contributed by atoms with Crippen molar-refractivity contribution in [3.05, 3.63) is 59.5 Å². The van der Waals surface area contributed by atoms with Crippen LogP contribution < -0.4 is 15.8 Å². The lowest BCUT2D eigenvalue weighted by atomic mass is 10.1. The molecule has 0 spiro atoms. The number of hydrogen-bond acceptors (Lipinski definition) is 6. The average molecular weight is 486 g/mol. The number of hydrogen-bond donors (Lipinski definition) is 3. The molecule has 0 aliphatic rings. The van der Waals surface area contributed by atoms with Gasteiger partial charge in [0.1, 0.15) is 12.4 Å². The first-order chi connectivity index (χ1) is 15.5. The fourth-order valence-electron chi connectivity index (χ4n) is 2.50. The predicted octanol–water partition coefficient (Wildman–Crippen LogP) is 3.36. The van der Waals surface area contributed by atoms with Crippen molar-refractivity contribution in [2.45, 2.75) is 6.18 Å². The van der Waals surface area contributed by atoms with E-state index in [-0.39, 0.29) is 5.91 Å². The molecule has 0 saturated heterocycles. The molecule has 13 heteroatoms. The van der Waals surface area contributed by atoms with Crippen molar-refractivity contribution < 1.29 is 32.6 Å². The number of anilines is 1. The van der Waals surface area contributed by atoms with Crippen LogP contribution in [0, 0.1) is 0 Å². The topological polar surface area (TPSA) is 132 Å². The summed E-state index contributed by atoms with van der Waals surface area (Å²) in [5, 5.41) is 14.6. The molecule has 3 rings (SSSR count). The highest BCUT2D eigenvalue weighted by atomic mass is 35.5. The number of alkyl halides is 3. The molecule has 0 radical (unpaired) electrons. The Balaban J connectivity index is 0.000000479. The largest absolute Gasteiger partial charge is 0.492 e. The molecule has 0 bridgehead atoms. The first kappa shape index (κ1) is 25.6. The summed E-state index contributed by atoms with van der Waals surface area (Å²) in [6.07, 6.45) is -0.402. The molecule has 1 amide bonds. The van der Waals surface area contributed by atoms with Crippen molar-refractivity contribution in [2.24, 2.45) is 12.8 Å². The van der Waals surface area contributed by atoms with Crippen LogP contribution in [0.1, 0.15) is 10.4 Å². The number of aliphatic carboxylic acids is 1. The van der Waals surface area contributed by atoms with E-state index in [0.29, 0.717) is 46.4 Å². The van der Waals surface area contributed by atoms with E-state index in [9.17, 15) is 18.0 Å². The molecule has 4 N–H and O–H groups in total. The third-order valence-electron chi connectivity index (χ3n) is 3.93. The third-order valence-corrected chi connectivity index (χ3v) is 4.20. The molecule has 9 nitrogen and oxygen atoms in total. The van der Waals surface area contributed by atoms with E-state index in [1.54, 1.807) is 54.5 Å². The van der Waals surface area contributed by atoms with Gasteiger partial charge in [0.15, 0.2) is 0 Å². The number of aromatic nitrogens is 3. The standard InChI is InChI=1S/C18H18ClN5O2.C2HF3O2/c1-24-17(15(19)11-22-24)14-9-13(4-5-16(14)26-8-6-20)23-18(25)12-3-2-7-21-10-12;3-2(4,5)1(6)7/h2-5,7,9-11H,6,8,20H2,1H3,(H,23,25);(H,6,7). The number of nitrogens with two attached hydrogens (primary N) is 1. The minimum Gasteiger partial charge on any atom is -0.492 e. The Kier molecular flexibility index (Phi) is 8.77. The molecule has 0 atom stereocenters. The maximum absolute atomic E-state index is 12.4. The number of ether oxygens (including phenoxy) is 1. The van der Waals surface area contributed by atoms with Crippen molar-refractivity contribution in [1.82, 2.24) is 14.8 Å². The van der Waals surface area contributed by atoms with Crippen molar-refractivity contribution >= 4 is 29.2 Å². The van der Waals surface area contributed by atoms with Gasteiger partial charge in [-0.15, -0.1) is 0 Å². The smallest absolute Gasteiger partial charge is 0.490 e. The lowest BCUT2D eigenvalue weighted by Crippen LogP contribution is -2.21. The molecule has 0 aliphatic heterocycles. The Morgan fingerprint density at radius 1 is 1.27 bits per heavy atom. The number of carbonyl (C=O) groups excluding carboxylic acids is 1. The molecular weight excluding hydrogens is 467 g/mol. The van der Waals surface area contributed by atoms with E-state index < -0.39 is 12.1 Å². The second-order valence-corrected chi connectivity index (χ2v) is 6.72. The molecular formula is C20H19ClF3N5O4. The summed E-state index contributed by atoms with van der Waals surface area (Å²) in [6.45, 7) is 0.752. The quantitative estimate of drug-likeness (QED) is 0.487. The van der Waals surface area contributed by atoms with Gasteiger partial charge >= 0.3 is 12.1 Å². The number of amides is 1. The Hall–Kier alpha value is -3.64. The Labute approximate surface area is 190 Å². The highest BCUT2D eigenvalue weighted by molar-refractivity contribution is 6.33. The first-order valence-electron chi connectivity index (χ1n) is 9.20. The van der Waals surface area contributed by atoms with Gasteiger partial charge in [-0.3, -0.25) is 14.5 Å². The van der Waals surface area contributed by atoms with E-state index in [4.69, 9.17) is 32.0 Å². The van der Waals surface area contributed by atoms with Crippen LogP contribution >= 0.6 is 11.6 Å². The first-order valence-corrected chi connectivity index (χ1v) is 9.58. The van der Waals surface area contributed by atoms with Crippen LogP contribution in [-0.2, 0) is 11.8 Å².